The van der Waals surface area contributed by atoms with Crippen LogP contribution in [0.5, 0.6) is 11.5 Å². The molecule has 196 valence electrons. The fraction of sp³-hybridized carbons (Fsp3) is 0.0968. The third-order valence-corrected chi connectivity index (χ3v) is 5.75. The lowest BCUT2D eigenvalue weighted by atomic mass is 9.90. The molecule has 0 heterocycles. The zero-order chi connectivity index (χ0) is 27.5. The molecule has 0 aliphatic rings. The van der Waals surface area contributed by atoms with Crippen molar-refractivity contribution in [1.82, 2.24) is 10.7 Å². The zero-order valence-corrected chi connectivity index (χ0v) is 21.2. The second-order valence-corrected chi connectivity index (χ2v) is 8.43. The van der Waals surface area contributed by atoms with E-state index in [1.54, 1.807) is 42.5 Å². The first-order chi connectivity index (χ1) is 19.0. The van der Waals surface area contributed by atoms with E-state index < -0.39 is 17.8 Å². The predicted octanol–water partition coefficient (Wildman–Crippen LogP) is 4.31. The standard InChI is InChI=1S/C31H27N3O5/c1-38-27-19-22(17-18-26(27)39-31(37)25-15-9-4-10-16-25)20-33-34-28(35)21-32-30(36)29(23-11-5-2-6-12-23)24-13-7-3-8-14-24/h2-20,29H,21H2,1H3,(H,32,36)(H,34,35)/b33-20+. The summed E-state index contributed by atoms with van der Waals surface area (Å²) in [6.07, 6.45) is 1.42. The van der Waals surface area contributed by atoms with E-state index >= 15 is 0 Å². The number of hydrogen-bond donors (Lipinski definition) is 2. The van der Waals surface area contributed by atoms with Gasteiger partial charge in [0.25, 0.3) is 5.91 Å². The van der Waals surface area contributed by atoms with Crippen LogP contribution in [-0.2, 0) is 9.59 Å². The summed E-state index contributed by atoms with van der Waals surface area (Å²) < 4.78 is 10.8. The first kappa shape index (κ1) is 26.8. The monoisotopic (exact) mass is 521 g/mol. The molecule has 8 nitrogen and oxygen atoms in total. The number of benzene rings is 4. The molecule has 0 aliphatic heterocycles. The van der Waals surface area contributed by atoms with Crippen LogP contribution in [-0.4, -0.2) is 37.7 Å². The number of carbonyl (C=O) groups is 3. The predicted molar refractivity (Wildman–Crippen MR) is 148 cm³/mol. The Morgan fingerprint density at radius 3 is 1.97 bits per heavy atom. The van der Waals surface area contributed by atoms with Crippen LogP contribution in [0.15, 0.2) is 114 Å². The van der Waals surface area contributed by atoms with Crippen molar-refractivity contribution >= 4 is 24.0 Å². The van der Waals surface area contributed by atoms with Crippen LogP contribution in [0.1, 0.15) is 33.0 Å². The van der Waals surface area contributed by atoms with Crippen LogP contribution in [0.25, 0.3) is 0 Å². The van der Waals surface area contributed by atoms with Crippen molar-refractivity contribution in [2.75, 3.05) is 13.7 Å². The lowest BCUT2D eigenvalue weighted by molar-refractivity contribution is -0.126. The topological polar surface area (TPSA) is 106 Å². The first-order valence-corrected chi connectivity index (χ1v) is 12.2. The molecule has 0 radical (unpaired) electrons. The number of nitrogens with zero attached hydrogens (tertiary/aromatic N) is 1. The number of hydrazone groups is 1. The van der Waals surface area contributed by atoms with Crippen molar-refractivity contribution < 1.29 is 23.9 Å². The largest absolute Gasteiger partial charge is 0.493 e. The molecule has 4 aromatic rings. The fourth-order valence-corrected chi connectivity index (χ4v) is 3.86. The Labute approximate surface area is 226 Å². The third-order valence-electron chi connectivity index (χ3n) is 5.75. The molecule has 39 heavy (non-hydrogen) atoms. The summed E-state index contributed by atoms with van der Waals surface area (Å²) in [7, 11) is 1.46. The molecule has 0 fully saturated rings. The van der Waals surface area contributed by atoms with Crippen LogP contribution < -0.4 is 20.2 Å². The number of amides is 2. The lowest BCUT2D eigenvalue weighted by Crippen LogP contribution is -2.37. The van der Waals surface area contributed by atoms with Crippen LogP contribution >= 0.6 is 0 Å². The molecule has 0 unspecified atom stereocenters. The number of methoxy groups -OCH3 is 1. The Kier molecular flexibility index (Phi) is 9.18. The van der Waals surface area contributed by atoms with E-state index in [0.717, 1.165) is 11.1 Å². The second-order valence-electron chi connectivity index (χ2n) is 8.43. The second kappa shape index (κ2) is 13.3. The highest BCUT2D eigenvalue weighted by atomic mass is 16.6. The van der Waals surface area contributed by atoms with Gasteiger partial charge in [0.2, 0.25) is 5.91 Å². The van der Waals surface area contributed by atoms with Crippen molar-refractivity contribution in [2.24, 2.45) is 5.10 Å². The SMILES string of the molecule is COc1cc(/C=N/NC(=O)CNC(=O)C(c2ccccc2)c2ccccc2)ccc1OC(=O)c1ccccc1. The molecular formula is C31H27N3O5. The van der Waals surface area contributed by atoms with Crippen molar-refractivity contribution in [3.05, 3.63) is 131 Å². The van der Waals surface area contributed by atoms with Gasteiger partial charge in [0.05, 0.1) is 31.4 Å². The summed E-state index contributed by atoms with van der Waals surface area (Å²) in [6, 6.07) is 32.2. The van der Waals surface area contributed by atoms with Crippen molar-refractivity contribution in [3.8, 4) is 11.5 Å². The lowest BCUT2D eigenvalue weighted by Gasteiger charge is -2.17. The Bertz CT molecular complexity index is 1400. The normalized spacial score (nSPS) is 10.7. The molecule has 0 aromatic heterocycles. The van der Waals surface area contributed by atoms with Gasteiger partial charge in [-0.05, 0) is 47.0 Å². The summed E-state index contributed by atoms with van der Waals surface area (Å²) in [6.45, 7) is -0.246. The number of hydrogen-bond acceptors (Lipinski definition) is 6. The van der Waals surface area contributed by atoms with Crippen LogP contribution in [0.4, 0.5) is 0 Å². The number of carbonyl (C=O) groups excluding carboxylic acids is 3. The van der Waals surface area contributed by atoms with Crippen molar-refractivity contribution in [3.63, 3.8) is 0 Å². The molecule has 0 bridgehead atoms. The van der Waals surface area contributed by atoms with E-state index in [0.29, 0.717) is 16.9 Å². The molecule has 0 spiro atoms. The molecule has 2 amide bonds. The minimum atomic E-state index is -0.550. The van der Waals surface area contributed by atoms with Gasteiger partial charge in [0.15, 0.2) is 11.5 Å². The molecule has 0 saturated heterocycles. The summed E-state index contributed by atoms with van der Waals surface area (Å²) in [5, 5.41) is 6.65. The highest BCUT2D eigenvalue weighted by molar-refractivity contribution is 5.92. The summed E-state index contributed by atoms with van der Waals surface area (Å²) >= 11 is 0. The molecule has 8 heteroatoms. The van der Waals surface area contributed by atoms with Crippen LogP contribution in [0, 0.1) is 0 Å². The maximum absolute atomic E-state index is 13.0. The Morgan fingerprint density at radius 1 is 0.795 bits per heavy atom. The Morgan fingerprint density at radius 2 is 1.38 bits per heavy atom. The maximum Gasteiger partial charge on any atom is 0.343 e. The van der Waals surface area contributed by atoms with E-state index in [2.05, 4.69) is 15.8 Å². The summed E-state index contributed by atoms with van der Waals surface area (Å²) in [5.74, 6) is -1.26. The number of esters is 1. The van der Waals surface area contributed by atoms with E-state index in [4.69, 9.17) is 9.47 Å². The van der Waals surface area contributed by atoms with E-state index in [-0.39, 0.29) is 18.2 Å². The van der Waals surface area contributed by atoms with Gasteiger partial charge in [0.1, 0.15) is 0 Å². The van der Waals surface area contributed by atoms with Gasteiger partial charge in [-0.25, -0.2) is 10.2 Å². The van der Waals surface area contributed by atoms with Crippen molar-refractivity contribution in [1.29, 1.82) is 0 Å². The summed E-state index contributed by atoms with van der Waals surface area (Å²) in [4.78, 5) is 37.7. The molecule has 0 aliphatic carbocycles. The molecule has 0 atom stereocenters. The highest BCUT2D eigenvalue weighted by Crippen LogP contribution is 2.28. The summed E-state index contributed by atoms with van der Waals surface area (Å²) in [5.41, 5.74) is 5.07. The molecule has 4 aromatic carbocycles. The van der Waals surface area contributed by atoms with Gasteiger partial charge in [-0.2, -0.15) is 5.10 Å². The van der Waals surface area contributed by atoms with E-state index in [1.807, 2.05) is 66.7 Å². The fourth-order valence-electron chi connectivity index (χ4n) is 3.86. The Balaban J connectivity index is 1.33. The molecule has 0 saturated carbocycles. The average Bonchev–Trinajstić information content (AvgIpc) is 2.98. The maximum atomic E-state index is 13.0. The Hall–Kier alpha value is -5.24. The van der Waals surface area contributed by atoms with Gasteiger partial charge in [-0.3, -0.25) is 9.59 Å². The molecular weight excluding hydrogens is 494 g/mol. The minimum Gasteiger partial charge on any atom is -0.493 e. The van der Waals surface area contributed by atoms with Crippen LogP contribution in [0.2, 0.25) is 0 Å². The van der Waals surface area contributed by atoms with Gasteiger partial charge >= 0.3 is 5.97 Å². The number of rotatable bonds is 10. The highest BCUT2D eigenvalue weighted by Gasteiger charge is 2.22. The quantitative estimate of drug-likeness (QED) is 0.140. The van der Waals surface area contributed by atoms with E-state index in [9.17, 15) is 14.4 Å². The minimum absolute atomic E-state index is 0.246. The first-order valence-electron chi connectivity index (χ1n) is 12.2. The third kappa shape index (κ3) is 7.39. The molecule has 4 rings (SSSR count). The smallest absolute Gasteiger partial charge is 0.343 e. The van der Waals surface area contributed by atoms with Gasteiger partial charge in [-0.15, -0.1) is 0 Å². The number of nitrogens with one attached hydrogen (secondary N) is 2. The van der Waals surface area contributed by atoms with E-state index in [1.165, 1.54) is 13.3 Å². The van der Waals surface area contributed by atoms with Gasteiger partial charge in [0, 0.05) is 0 Å². The van der Waals surface area contributed by atoms with Crippen molar-refractivity contribution in [2.45, 2.75) is 5.92 Å². The zero-order valence-electron chi connectivity index (χ0n) is 21.2. The number of ether oxygens (including phenoxy) is 2. The average molecular weight is 522 g/mol. The molecule has 2 N–H and O–H groups in total. The van der Waals surface area contributed by atoms with Crippen LogP contribution in [0.3, 0.4) is 0 Å². The van der Waals surface area contributed by atoms with Gasteiger partial charge < -0.3 is 14.8 Å². The van der Waals surface area contributed by atoms with Gasteiger partial charge in [-0.1, -0.05) is 78.9 Å².